The van der Waals surface area contributed by atoms with Gasteiger partial charge in [-0.15, -0.1) is 6.58 Å². The number of benzene rings is 1. The summed E-state index contributed by atoms with van der Waals surface area (Å²) in [7, 11) is 2.74. The first-order valence-electron chi connectivity index (χ1n) is 6.75. The molecule has 0 saturated carbocycles. The molecule has 1 N–H and O–H groups in total. The molecule has 0 aliphatic rings. The minimum atomic E-state index is -1.35. The van der Waals surface area contributed by atoms with Crippen molar-refractivity contribution in [2.75, 3.05) is 14.2 Å². The zero-order valence-corrected chi connectivity index (χ0v) is 13.1. The van der Waals surface area contributed by atoms with Crippen molar-refractivity contribution in [3.8, 4) is 11.5 Å². The highest BCUT2D eigenvalue weighted by Gasteiger charge is 2.28. The van der Waals surface area contributed by atoms with Crippen LogP contribution in [0.3, 0.4) is 0 Å². The topological polar surface area (TPSA) is 108 Å². The van der Waals surface area contributed by atoms with Gasteiger partial charge in [0.2, 0.25) is 0 Å². The van der Waals surface area contributed by atoms with Crippen molar-refractivity contribution < 1.29 is 29.0 Å². The van der Waals surface area contributed by atoms with Crippen molar-refractivity contribution in [1.29, 1.82) is 0 Å². The highest BCUT2D eigenvalue weighted by atomic mass is 16.6. The Labute approximate surface area is 133 Å². The Kier molecular flexibility index (Phi) is 6.52. The molecule has 0 amide bonds. The Hall–Kier alpha value is -2.61. The van der Waals surface area contributed by atoms with Gasteiger partial charge in [0.25, 0.3) is 5.69 Å². The van der Waals surface area contributed by atoms with E-state index in [9.17, 15) is 20.0 Å². The summed E-state index contributed by atoms with van der Waals surface area (Å²) in [5.41, 5.74) is -0.158. The summed E-state index contributed by atoms with van der Waals surface area (Å²) in [4.78, 5) is 22.3. The molecule has 0 saturated heterocycles. The number of esters is 1. The van der Waals surface area contributed by atoms with Crippen LogP contribution < -0.4 is 9.47 Å². The molecule has 0 aromatic heterocycles. The molecule has 0 aliphatic heterocycles. The molecular weight excluding hydrogens is 306 g/mol. The van der Waals surface area contributed by atoms with Gasteiger partial charge in [0.1, 0.15) is 12.2 Å². The number of rotatable bonds is 8. The Bertz CT molecular complexity index is 598. The predicted molar refractivity (Wildman–Crippen MR) is 81.5 cm³/mol. The summed E-state index contributed by atoms with van der Waals surface area (Å²) in [6, 6.07) is 2.57. The minimum absolute atomic E-state index is 0.126. The van der Waals surface area contributed by atoms with E-state index in [4.69, 9.17) is 14.2 Å². The zero-order valence-electron chi connectivity index (χ0n) is 13.1. The molecule has 0 spiro atoms. The van der Waals surface area contributed by atoms with Gasteiger partial charge in [-0.05, 0) is 13.0 Å². The molecule has 2 atom stereocenters. The second kappa shape index (κ2) is 8.14. The Morgan fingerprint density at radius 2 is 1.96 bits per heavy atom. The zero-order chi connectivity index (χ0) is 17.6. The molecule has 1 unspecified atom stereocenters. The highest BCUT2D eigenvalue weighted by Crippen LogP contribution is 2.39. The first-order valence-corrected chi connectivity index (χ1v) is 6.75. The number of ether oxygens (including phenoxy) is 3. The van der Waals surface area contributed by atoms with Gasteiger partial charge in [-0.3, -0.25) is 10.1 Å². The average Bonchev–Trinajstić information content (AvgIpc) is 2.52. The summed E-state index contributed by atoms with van der Waals surface area (Å²) < 4.78 is 15.3. The quantitative estimate of drug-likeness (QED) is 0.337. The lowest BCUT2D eigenvalue weighted by molar-refractivity contribution is -0.386. The number of carbonyl (C=O) groups is 1. The lowest BCUT2D eigenvalue weighted by Gasteiger charge is -2.19. The lowest BCUT2D eigenvalue weighted by atomic mass is 10.0. The van der Waals surface area contributed by atoms with E-state index in [1.165, 1.54) is 39.4 Å². The fourth-order valence-electron chi connectivity index (χ4n) is 1.93. The third-order valence-corrected chi connectivity index (χ3v) is 3.06. The molecule has 1 aromatic rings. The number of carbonyl (C=O) groups excluding carboxylic acids is 1. The van der Waals surface area contributed by atoms with Gasteiger partial charge in [-0.1, -0.05) is 6.08 Å². The van der Waals surface area contributed by atoms with E-state index >= 15 is 0 Å². The molecule has 23 heavy (non-hydrogen) atoms. The van der Waals surface area contributed by atoms with Crippen LogP contribution in [0.4, 0.5) is 5.69 Å². The summed E-state index contributed by atoms with van der Waals surface area (Å²) in [5, 5.41) is 20.6. The fourth-order valence-corrected chi connectivity index (χ4v) is 1.93. The van der Waals surface area contributed by atoms with Crippen molar-refractivity contribution in [1.82, 2.24) is 0 Å². The van der Waals surface area contributed by atoms with Crippen LogP contribution in [-0.4, -0.2) is 36.3 Å². The largest absolute Gasteiger partial charge is 0.493 e. The average molecular weight is 325 g/mol. The van der Waals surface area contributed by atoms with Gasteiger partial charge in [0, 0.05) is 6.42 Å². The fraction of sp³-hybridized carbons (Fsp3) is 0.400. The number of hydrogen-bond acceptors (Lipinski definition) is 7. The van der Waals surface area contributed by atoms with Crippen LogP contribution in [0.5, 0.6) is 11.5 Å². The third kappa shape index (κ3) is 4.43. The molecule has 8 nitrogen and oxygen atoms in total. The van der Waals surface area contributed by atoms with Gasteiger partial charge < -0.3 is 19.3 Å². The maximum absolute atomic E-state index is 11.6. The van der Waals surface area contributed by atoms with Gasteiger partial charge in [0.05, 0.1) is 30.8 Å². The van der Waals surface area contributed by atoms with Gasteiger partial charge in [-0.2, -0.15) is 0 Å². The van der Waals surface area contributed by atoms with Crippen LogP contribution in [-0.2, 0) is 9.53 Å². The Morgan fingerprint density at radius 1 is 1.39 bits per heavy atom. The molecule has 0 radical (unpaired) electrons. The Balaban J connectivity index is 3.40. The van der Waals surface area contributed by atoms with Crippen LogP contribution in [0.15, 0.2) is 24.8 Å². The van der Waals surface area contributed by atoms with E-state index in [2.05, 4.69) is 6.58 Å². The van der Waals surface area contributed by atoms with Crippen molar-refractivity contribution >= 4 is 11.7 Å². The van der Waals surface area contributed by atoms with E-state index in [0.717, 1.165) is 0 Å². The number of methoxy groups -OCH3 is 2. The van der Waals surface area contributed by atoms with Crippen molar-refractivity contribution in [2.45, 2.75) is 25.6 Å². The second-order valence-electron chi connectivity index (χ2n) is 4.65. The summed E-state index contributed by atoms with van der Waals surface area (Å²) in [6.45, 7) is 4.80. The normalized spacial score (nSPS) is 12.9. The second-order valence-corrected chi connectivity index (χ2v) is 4.65. The maximum Gasteiger partial charge on any atom is 0.335 e. The van der Waals surface area contributed by atoms with Crippen LogP contribution in [0.1, 0.15) is 25.0 Å². The molecule has 1 rings (SSSR count). The van der Waals surface area contributed by atoms with Gasteiger partial charge in [-0.25, -0.2) is 4.79 Å². The third-order valence-electron chi connectivity index (χ3n) is 3.06. The summed E-state index contributed by atoms with van der Waals surface area (Å²) >= 11 is 0. The van der Waals surface area contributed by atoms with Gasteiger partial charge in [0.15, 0.2) is 11.5 Å². The van der Waals surface area contributed by atoms with Crippen molar-refractivity contribution in [2.24, 2.45) is 0 Å². The summed E-state index contributed by atoms with van der Waals surface area (Å²) in [6.07, 6.45) is -0.730. The van der Waals surface area contributed by atoms with Gasteiger partial charge >= 0.3 is 5.97 Å². The van der Waals surface area contributed by atoms with E-state index in [0.29, 0.717) is 0 Å². The molecule has 126 valence electrons. The van der Waals surface area contributed by atoms with E-state index < -0.39 is 23.1 Å². The molecule has 0 bridgehead atoms. The van der Waals surface area contributed by atoms with Crippen LogP contribution in [0.2, 0.25) is 0 Å². The number of aliphatic hydroxyl groups excluding tert-OH is 1. The number of nitrogens with zero attached hydrogens (tertiary/aromatic N) is 1. The SMILES string of the molecule is C=CCC(OC(=O)[C@@H](C)O)c1cc(OC)c(OC)cc1[N+](=O)[O-]. The molecule has 0 fully saturated rings. The number of aliphatic hydroxyl groups is 1. The maximum atomic E-state index is 11.6. The van der Waals surface area contributed by atoms with Crippen LogP contribution in [0.25, 0.3) is 0 Å². The smallest absolute Gasteiger partial charge is 0.335 e. The number of hydrogen-bond donors (Lipinski definition) is 1. The van der Waals surface area contributed by atoms with Crippen LogP contribution >= 0.6 is 0 Å². The lowest BCUT2D eigenvalue weighted by Crippen LogP contribution is -2.22. The van der Waals surface area contributed by atoms with E-state index in [-0.39, 0.29) is 29.2 Å². The van der Waals surface area contributed by atoms with Crippen molar-refractivity contribution in [3.05, 3.63) is 40.5 Å². The molecule has 8 heteroatoms. The molecular formula is C15H19NO7. The van der Waals surface area contributed by atoms with E-state index in [1.807, 2.05) is 0 Å². The molecule has 0 heterocycles. The first-order chi connectivity index (χ1) is 10.8. The monoisotopic (exact) mass is 325 g/mol. The first kappa shape index (κ1) is 18.4. The number of nitro benzene ring substituents is 1. The number of nitro groups is 1. The summed E-state index contributed by atoms with van der Waals surface area (Å²) in [5.74, 6) is -0.446. The Morgan fingerprint density at radius 3 is 2.39 bits per heavy atom. The molecule has 0 aliphatic carbocycles. The highest BCUT2D eigenvalue weighted by molar-refractivity contribution is 5.74. The minimum Gasteiger partial charge on any atom is -0.493 e. The molecule has 1 aromatic carbocycles. The standard InChI is InChI=1S/C15H19NO7/c1-5-6-12(23-15(18)9(2)17)10-7-13(21-3)14(22-4)8-11(10)16(19)20/h5,7-9,12,17H,1,6H2,2-4H3/t9-,12?/m1/s1. The van der Waals surface area contributed by atoms with Crippen molar-refractivity contribution in [3.63, 3.8) is 0 Å². The van der Waals surface area contributed by atoms with E-state index in [1.54, 1.807) is 0 Å². The van der Waals surface area contributed by atoms with Crippen LogP contribution in [0, 0.1) is 10.1 Å². The predicted octanol–water partition coefficient (Wildman–Crippen LogP) is 2.15.